The van der Waals surface area contributed by atoms with Gasteiger partial charge in [-0.15, -0.1) is 0 Å². The Balaban J connectivity index is 2.10. The summed E-state index contributed by atoms with van der Waals surface area (Å²) in [5, 5.41) is 3.56. The predicted octanol–water partition coefficient (Wildman–Crippen LogP) is 1.65. The van der Waals surface area contributed by atoms with Gasteiger partial charge in [-0.2, -0.15) is 0 Å². The summed E-state index contributed by atoms with van der Waals surface area (Å²) in [4.78, 5) is 4.94. The Bertz CT molecular complexity index is 182. The van der Waals surface area contributed by atoms with E-state index in [0.29, 0.717) is 0 Å². The Kier molecular flexibility index (Phi) is 7.82. The van der Waals surface area contributed by atoms with E-state index < -0.39 is 0 Å². The molecule has 17 heavy (non-hydrogen) atoms. The smallest absolute Gasteiger partial charge is 0.00218 e. The van der Waals surface area contributed by atoms with Gasteiger partial charge in [0.1, 0.15) is 0 Å². The first-order chi connectivity index (χ1) is 8.22. The first kappa shape index (κ1) is 14.9. The van der Waals surface area contributed by atoms with Gasteiger partial charge in [0, 0.05) is 6.54 Å². The second kappa shape index (κ2) is 8.90. The summed E-state index contributed by atoms with van der Waals surface area (Å²) >= 11 is 0. The Hall–Kier alpha value is -0.120. The quantitative estimate of drug-likeness (QED) is 0.652. The number of piperidine rings is 1. The molecule has 3 nitrogen and oxygen atoms in total. The third-order valence-electron chi connectivity index (χ3n) is 3.54. The lowest BCUT2D eigenvalue weighted by molar-refractivity contribution is 0.166. The standard InChI is InChI=1S/C14H31N3/c1-4-8-15-12-14-7-5-10-17(13-14)11-6-9-16(2)3/h14-15H,4-13H2,1-3H3. The van der Waals surface area contributed by atoms with E-state index in [-0.39, 0.29) is 0 Å². The minimum Gasteiger partial charge on any atom is -0.316 e. The summed E-state index contributed by atoms with van der Waals surface area (Å²) in [6, 6.07) is 0. The number of hydrogen-bond donors (Lipinski definition) is 1. The maximum absolute atomic E-state index is 3.56. The molecule has 0 bridgehead atoms. The fourth-order valence-corrected chi connectivity index (χ4v) is 2.61. The number of rotatable bonds is 8. The SMILES string of the molecule is CCCNCC1CCCN(CCCN(C)C)C1. The van der Waals surface area contributed by atoms with E-state index >= 15 is 0 Å². The molecule has 0 amide bonds. The third kappa shape index (κ3) is 7.02. The lowest BCUT2D eigenvalue weighted by Crippen LogP contribution is -2.40. The van der Waals surface area contributed by atoms with Crippen LogP contribution in [0.5, 0.6) is 0 Å². The second-order valence-corrected chi connectivity index (χ2v) is 5.67. The summed E-state index contributed by atoms with van der Waals surface area (Å²) in [5.74, 6) is 0.884. The van der Waals surface area contributed by atoms with Crippen molar-refractivity contribution in [2.45, 2.75) is 32.6 Å². The minimum atomic E-state index is 0.884. The molecule has 1 atom stereocenters. The van der Waals surface area contributed by atoms with Gasteiger partial charge in [0.05, 0.1) is 0 Å². The highest BCUT2D eigenvalue weighted by molar-refractivity contribution is 4.74. The van der Waals surface area contributed by atoms with Crippen LogP contribution in [0, 0.1) is 5.92 Å². The van der Waals surface area contributed by atoms with Crippen LogP contribution in [0.4, 0.5) is 0 Å². The Morgan fingerprint density at radius 3 is 2.88 bits per heavy atom. The van der Waals surface area contributed by atoms with E-state index in [1.807, 2.05) is 0 Å². The highest BCUT2D eigenvalue weighted by Crippen LogP contribution is 2.15. The third-order valence-corrected chi connectivity index (χ3v) is 3.54. The highest BCUT2D eigenvalue weighted by atomic mass is 15.1. The summed E-state index contributed by atoms with van der Waals surface area (Å²) in [6.07, 6.45) is 5.36. The van der Waals surface area contributed by atoms with Gasteiger partial charge in [-0.1, -0.05) is 6.92 Å². The molecule has 1 rings (SSSR count). The van der Waals surface area contributed by atoms with Crippen LogP contribution in [0.1, 0.15) is 32.6 Å². The summed E-state index contributed by atoms with van der Waals surface area (Å²) < 4.78 is 0. The number of hydrogen-bond acceptors (Lipinski definition) is 3. The summed E-state index contributed by atoms with van der Waals surface area (Å²) in [6.45, 7) is 9.76. The molecule has 3 heteroatoms. The van der Waals surface area contributed by atoms with Crippen molar-refractivity contribution < 1.29 is 0 Å². The normalized spacial score (nSPS) is 22.2. The van der Waals surface area contributed by atoms with Crippen molar-refractivity contribution in [1.29, 1.82) is 0 Å². The van der Waals surface area contributed by atoms with Gasteiger partial charge >= 0.3 is 0 Å². The molecule has 1 unspecified atom stereocenters. The van der Waals surface area contributed by atoms with Crippen molar-refractivity contribution in [3.8, 4) is 0 Å². The maximum Gasteiger partial charge on any atom is 0.00218 e. The van der Waals surface area contributed by atoms with Crippen LogP contribution in [-0.4, -0.2) is 63.2 Å². The fraction of sp³-hybridized carbons (Fsp3) is 1.00. The van der Waals surface area contributed by atoms with E-state index in [1.54, 1.807) is 0 Å². The Labute approximate surface area is 108 Å². The zero-order chi connectivity index (χ0) is 12.5. The first-order valence-electron chi connectivity index (χ1n) is 7.30. The van der Waals surface area contributed by atoms with Crippen molar-refractivity contribution in [2.24, 2.45) is 5.92 Å². The lowest BCUT2D eigenvalue weighted by atomic mass is 9.98. The molecule has 0 spiro atoms. The van der Waals surface area contributed by atoms with Crippen molar-refractivity contribution in [1.82, 2.24) is 15.1 Å². The number of nitrogens with one attached hydrogen (secondary N) is 1. The maximum atomic E-state index is 3.56. The van der Waals surface area contributed by atoms with Crippen LogP contribution < -0.4 is 5.32 Å². The van der Waals surface area contributed by atoms with Gasteiger partial charge in [0.15, 0.2) is 0 Å². The van der Waals surface area contributed by atoms with Crippen molar-refractivity contribution in [3.05, 3.63) is 0 Å². The van der Waals surface area contributed by atoms with Gasteiger partial charge in [0.25, 0.3) is 0 Å². The van der Waals surface area contributed by atoms with Crippen molar-refractivity contribution >= 4 is 0 Å². The molecular weight excluding hydrogens is 210 g/mol. The van der Waals surface area contributed by atoms with E-state index in [4.69, 9.17) is 0 Å². The van der Waals surface area contributed by atoms with Gasteiger partial charge in [-0.05, 0) is 78.4 Å². The topological polar surface area (TPSA) is 18.5 Å². The first-order valence-corrected chi connectivity index (χ1v) is 7.30. The number of likely N-dealkylation sites (tertiary alicyclic amines) is 1. The van der Waals surface area contributed by atoms with Crippen LogP contribution in [-0.2, 0) is 0 Å². The lowest BCUT2D eigenvalue weighted by Gasteiger charge is -2.33. The molecule has 102 valence electrons. The molecule has 0 radical (unpaired) electrons. The van der Waals surface area contributed by atoms with E-state index in [0.717, 1.165) is 5.92 Å². The molecule has 0 aromatic rings. The van der Waals surface area contributed by atoms with Crippen LogP contribution >= 0.6 is 0 Å². The van der Waals surface area contributed by atoms with Crippen molar-refractivity contribution in [2.75, 3.05) is 53.4 Å². The average molecular weight is 241 g/mol. The van der Waals surface area contributed by atoms with Crippen LogP contribution in [0.25, 0.3) is 0 Å². The average Bonchev–Trinajstić information content (AvgIpc) is 2.29. The van der Waals surface area contributed by atoms with Gasteiger partial charge < -0.3 is 15.1 Å². The molecule has 0 aromatic carbocycles. The van der Waals surface area contributed by atoms with E-state index in [9.17, 15) is 0 Å². The molecule has 1 aliphatic heterocycles. The van der Waals surface area contributed by atoms with Gasteiger partial charge in [-0.25, -0.2) is 0 Å². The molecule has 0 saturated carbocycles. The van der Waals surface area contributed by atoms with Gasteiger partial charge in [-0.3, -0.25) is 0 Å². The molecule has 1 aliphatic rings. The zero-order valence-corrected chi connectivity index (χ0v) is 12.0. The van der Waals surface area contributed by atoms with E-state index in [1.165, 1.54) is 65.0 Å². The van der Waals surface area contributed by atoms with E-state index in [2.05, 4.69) is 36.1 Å². The van der Waals surface area contributed by atoms with Crippen LogP contribution in [0.2, 0.25) is 0 Å². The molecular formula is C14H31N3. The fourth-order valence-electron chi connectivity index (χ4n) is 2.61. The summed E-state index contributed by atoms with van der Waals surface area (Å²) in [7, 11) is 4.32. The molecule has 1 saturated heterocycles. The molecule has 0 aromatic heterocycles. The Morgan fingerprint density at radius 1 is 1.35 bits per heavy atom. The second-order valence-electron chi connectivity index (χ2n) is 5.67. The molecule has 0 aliphatic carbocycles. The summed E-state index contributed by atoms with van der Waals surface area (Å²) in [5.41, 5.74) is 0. The van der Waals surface area contributed by atoms with Gasteiger partial charge in [0.2, 0.25) is 0 Å². The van der Waals surface area contributed by atoms with Crippen LogP contribution in [0.15, 0.2) is 0 Å². The monoisotopic (exact) mass is 241 g/mol. The van der Waals surface area contributed by atoms with Crippen LogP contribution in [0.3, 0.4) is 0 Å². The molecule has 1 fully saturated rings. The minimum absolute atomic E-state index is 0.884. The highest BCUT2D eigenvalue weighted by Gasteiger charge is 2.18. The largest absolute Gasteiger partial charge is 0.316 e. The zero-order valence-electron chi connectivity index (χ0n) is 12.0. The number of nitrogens with zero attached hydrogens (tertiary/aromatic N) is 2. The Morgan fingerprint density at radius 2 is 2.18 bits per heavy atom. The molecule has 1 N–H and O–H groups in total. The molecule has 1 heterocycles. The predicted molar refractivity (Wildman–Crippen MR) is 75.5 cm³/mol. The van der Waals surface area contributed by atoms with Crippen molar-refractivity contribution in [3.63, 3.8) is 0 Å².